The van der Waals surface area contributed by atoms with Crippen LogP contribution in [0.15, 0.2) is 12.2 Å². The lowest BCUT2D eigenvalue weighted by atomic mass is 10.0. The van der Waals surface area contributed by atoms with E-state index in [2.05, 4.69) is 19.1 Å². The van der Waals surface area contributed by atoms with Crippen LogP contribution in [0.25, 0.3) is 0 Å². The summed E-state index contributed by atoms with van der Waals surface area (Å²) < 4.78 is 11.0. The summed E-state index contributed by atoms with van der Waals surface area (Å²) in [5, 5.41) is 29.0. The highest BCUT2D eigenvalue weighted by atomic mass is 16.6. The Kier molecular flexibility index (Phi) is 16.8. The minimum Gasteiger partial charge on any atom is -0.394 e. The van der Waals surface area contributed by atoms with Crippen LogP contribution < -0.4 is 0 Å². The van der Waals surface area contributed by atoms with E-state index in [0.717, 1.165) is 25.7 Å². The highest BCUT2D eigenvalue weighted by Gasteiger charge is 2.39. The molecule has 1 aliphatic heterocycles. The summed E-state index contributed by atoms with van der Waals surface area (Å²) in [4.78, 5) is 0. The van der Waals surface area contributed by atoms with E-state index in [1.165, 1.54) is 64.2 Å². The van der Waals surface area contributed by atoms with Gasteiger partial charge in [-0.25, -0.2) is 0 Å². The monoisotopic (exact) mass is 414 g/mol. The standard InChI is InChI=1S/C24H46O5/c1-2-3-4-5-6-7-8-9-10-11-12-13-14-15-16-17-18-28-24-22(19-25)29-20-21(26)23(24)27/h12-13,21-27H,2-11,14-20H2,1H3/b13-12+/t21-,22+,23+,24+/m1/s1. The molecule has 1 saturated heterocycles. The van der Waals surface area contributed by atoms with Crippen LogP contribution >= 0.6 is 0 Å². The van der Waals surface area contributed by atoms with Crippen LogP contribution in [0.4, 0.5) is 0 Å². The first-order valence-electron chi connectivity index (χ1n) is 12.1. The van der Waals surface area contributed by atoms with Crippen molar-refractivity contribution >= 4 is 0 Å². The van der Waals surface area contributed by atoms with Gasteiger partial charge in [-0.2, -0.15) is 0 Å². The summed E-state index contributed by atoms with van der Waals surface area (Å²) in [6, 6.07) is 0. The fourth-order valence-corrected chi connectivity index (χ4v) is 3.79. The first-order chi connectivity index (χ1) is 14.2. The van der Waals surface area contributed by atoms with Crippen molar-refractivity contribution in [3.05, 3.63) is 12.2 Å². The fraction of sp³-hybridized carbons (Fsp3) is 0.917. The zero-order chi connectivity index (χ0) is 21.2. The average molecular weight is 415 g/mol. The van der Waals surface area contributed by atoms with Gasteiger partial charge in [-0.1, -0.05) is 76.9 Å². The molecule has 0 aliphatic carbocycles. The first-order valence-corrected chi connectivity index (χ1v) is 12.1. The second-order valence-corrected chi connectivity index (χ2v) is 8.39. The Balaban J connectivity index is 1.89. The van der Waals surface area contributed by atoms with Gasteiger partial charge in [0.25, 0.3) is 0 Å². The number of aliphatic hydroxyl groups excluding tert-OH is 3. The van der Waals surface area contributed by atoms with Gasteiger partial charge in [0.2, 0.25) is 0 Å². The molecule has 29 heavy (non-hydrogen) atoms. The van der Waals surface area contributed by atoms with Crippen LogP contribution in [-0.4, -0.2) is 59.6 Å². The molecule has 0 aromatic heterocycles. The molecule has 4 atom stereocenters. The summed E-state index contributed by atoms with van der Waals surface area (Å²) in [6.45, 7) is 2.61. The van der Waals surface area contributed by atoms with Gasteiger partial charge in [-0.3, -0.25) is 0 Å². The van der Waals surface area contributed by atoms with E-state index in [9.17, 15) is 15.3 Å². The quantitative estimate of drug-likeness (QED) is 0.227. The van der Waals surface area contributed by atoms with Gasteiger partial charge in [0.15, 0.2) is 0 Å². The van der Waals surface area contributed by atoms with Crippen molar-refractivity contribution in [2.75, 3.05) is 19.8 Å². The van der Waals surface area contributed by atoms with Crippen molar-refractivity contribution in [3.8, 4) is 0 Å². The zero-order valence-electron chi connectivity index (χ0n) is 18.6. The molecule has 1 fully saturated rings. The van der Waals surface area contributed by atoms with E-state index >= 15 is 0 Å². The maximum absolute atomic E-state index is 10.00. The van der Waals surface area contributed by atoms with Crippen LogP contribution in [-0.2, 0) is 9.47 Å². The molecule has 1 aliphatic rings. The average Bonchev–Trinajstić information content (AvgIpc) is 2.73. The van der Waals surface area contributed by atoms with Gasteiger partial charge >= 0.3 is 0 Å². The van der Waals surface area contributed by atoms with Gasteiger partial charge in [-0.15, -0.1) is 0 Å². The van der Waals surface area contributed by atoms with Crippen molar-refractivity contribution < 1.29 is 24.8 Å². The fourth-order valence-electron chi connectivity index (χ4n) is 3.79. The number of unbranched alkanes of at least 4 members (excludes halogenated alkanes) is 12. The Morgan fingerprint density at radius 1 is 0.828 bits per heavy atom. The summed E-state index contributed by atoms with van der Waals surface area (Å²) in [5.74, 6) is 0. The normalized spacial score (nSPS) is 25.1. The molecule has 1 heterocycles. The molecular formula is C24H46O5. The zero-order valence-corrected chi connectivity index (χ0v) is 18.6. The van der Waals surface area contributed by atoms with E-state index in [1.54, 1.807) is 0 Å². The molecule has 0 amide bonds. The molecule has 1 rings (SSSR count). The molecule has 3 N–H and O–H groups in total. The molecule has 0 unspecified atom stereocenters. The van der Waals surface area contributed by atoms with E-state index in [1.807, 2.05) is 0 Å². The third-order valence-electron chi connectivity index (χ3n) is 5.72. The Bertz CT molecular complexity index is 385. The van der Waals surface area contributed by atoms with E-state index in [4.69, 9.17) is 9.47 Å². The maximum Gasteiger partial charge on any atom is 0.114 e. The lowest BCUT2D eigenvalue weighted by Gasteiger charge is -2.37. The molecule has 0 spiro atoms. The van der Waals surface area contributed by atoms with Gasteiger partial charge < -0.3 is 24.8 Å². The smallest absolute Gasteiger partial charge is 0.114 e. The molecule has 5 heteroatoms. The first kappa shape index (κ1) is 26.6. The molecule has 172 valence electrons. The van der Waals surface area contributed by atoms with Crippen molar-refractivity contribution in [1.82, 2.24) is 0 Å². The number of hydrogen-bond donors (Lipinski definition) is 3. The minimum absolute atomic E-state index is 0.0393. The highest BCUT2D eigenvalue weighted by molar-refractivity contribution is 4.87. The lowest BCUT2D eigenvalue weighted by Crippen LogP contribution is -2.55. The lowest BCUT2D eigenvalue weighted by molar-refractivity contribution is -0.211. The Labute approximate surface area is 178 Å². The van der Waals surface area contributed by atoms with Gasteiger partial charge in [0, 0.05) is 6.61 Å². The summed E-state index contributed by atoms with van der Waals surface area (Å²) in [7, 11) is 0. The largest absolute Gasteiger partial charge is 0.394 e. The Morgan fingerprint density at radius 2 is 1.38 bits per heavy atom. The van der Waals surface area contributed by atoms with Crippen molar-refractivity contribution in [2.24, 2.45) is 0 Å². The molecule has 0 bridgehead atoms. The van der Waals surface area contributed by atoms with Gasteiger partial charge in [0.05, 0.1) is 13.2 Å². The summed E-state index contributed by atoms with van der Waals surface area (Å²) >= 11 is 0. The van der Waals surface area contributed by atoms with Crippen molar-refractivity contribution in [2.45, 2.75) is 121 Å². The number of rotatable bonds is 18. The number of ether oxygens (including phenoxy) is 2. The summed E-state index contributed by atoms with van der Waals surface area (Å²) in [5.41, 5.74) is 0. The second-order valence-electron chi connectivity index (χ2n) is 8.39. The number of allylic oxidation sites excluding steroid dienone is 2. The molecule has 0 aromatic rings. The maximum atomic E-state index is 10.00. The molecule has 0 aromatic carbocycles. The van der Waals surface area contributed by atoms with Crippen molar-refractivity contribution in [3.63, 3.8) is 0 Å². The number of aliphatic hydroxyl groups is 3. The topological polar surface area (TPSA) is 79.2 Å². The van der Waals surface area contributed by atoms with Crippen molar-refractivity contribution in [1.29, 1.82) is 0 Å². The number of hydrogen-bond acceptors (Lipinski definition) is 5. The molecular weight excluding hydrogens is 368 g/mol. The molecule has 0 saturated carbocycles. The Hall–Kier alpha value is -0.460. The Morgan fingerprint density at radius 3 is 1.97 bits per heavy atom. The second kappa shape index (κ2) is 18.3. The predicted molar refractivity (Wildman–Crippen MR) is 118 cm³/mol. The van der Waals surface area contributed by atoms with E-state index in [-0.39, 0.29) is 13.2 Å². The minimum atomic E-state index is -0.995. The van der Waals surface area contributed by atoms with Crippen LogP contribution in [0, 0.1) is 0 Å². The van der Waals surface area contributed by atoms with Crippen LogP contribution in [0.5, 0.6) is 0 Å². The molecule has 0 radical (unpaired) electrons. The van der Waals surface area contributed by atoms with Gasteiger partial charge in [0.1, 0.15) is 24.4 Å². The van der Waals surface area contributed by atoms with E-state index in [0.29, 0.717) is 6.61 Å². The van der Waals surface area contributed by atoms with Crippen LogP contribution in [0.3, 0.4) is 0 Å². The third kappa shape index (κ3) is 12.7. The SMILES string of the molecule is CCCCCCCCCCC/C=C/CCCCCO[C@@H]1[C@@H](O)[C@H](O)CO[C@H]1CO. The van der Waals surface area contributed by atoms with E-state index < -0.39 is 24.4 Å². The summed E-state index contributed by atoms with van der Waals surface area (Å²) in [6.07, 6.45) is 19.3. The van der Waals surface area contributed by atoms with Crippen LogP contribution in [0.1, 0.15) is 96.8 Å². The predicted octanol–water partition coefficient (Wildman–Crippen LogP) is 4.52. The molecule has 5 nitrogen and oxygen atoms in total. The van der Waals surface area contributed by atoms with Gasteiger partial charge in [-0.05, 0) is 32.1 Å². The highest BCUT2D eigenvalue weighted by Crippen LogP contribution is 2.19. The van der Waals surface area contributed by atoms with Crippen LogP contribution in [0.2, 0.25) is 0 Å². The third-order valence-corrected chi connectivity index (χ3v) is 5.72.